The van der Waals surface area contributed by atoms with E-state index >= 15 is 0 Å². The Bertz CT molecular complexity index is 888. The molecule has 4 atom stereocenters. The van der Waals surface area contributed by atoms with Crippen molar-refractivity contribution >= 4 is 21.4 Å². The van der Waals surface area contributed by atoms with Crippen molar-refractivity contribution in [2.45, 2.75) is 24.4 Å². The molecule has 5 nitrogen and oxygen atoms in total. The fraction of sp³-hybridized carbons (Fsp3) is 0.300. The zero-order valence-corrected chi connectivity index (χ0v) is 15.0. The van der Waals surface area contributed by atoms with Gasteiger partial charge in [0.25, 0.3) is 0 Å². The maximum absolute atomic E-state index is 10.4. The van der Waals surface area contributed by atoms with E-state index in [0.717, 1.165) is 10.4 Å². The van der Waals surface area contributed by atoms with Crippen molar-refractivity contribution in [3.8, 4) is 16.2 Å². The van der Waals surface area contributed by atoms with Gasteiger partial charge in [0.2, 0.25) is 0 Å². The summed E-state index contributed by atoms with van der Waals surface area (Å²) in [6, 6.07) is 16.0. The van der Waals surface area contributed by atoms with Gasteiger partial charge in [-0.2, -0.15) is 0 Å². The highest BCUT2D eigenvalue weighted by Gasteiger charge is 2.44. The van der Waals surface area contributed by atoms with Gasteiger partial charge < -0.3 is 24.8 Å². The predicted molar refractivity (Wildman–Crippen MR) is 101 cm³/mol. The largest absolute Gasteiger partial charge is 0.496 e. The number of rotatable bonds is 4. The highest BCUT2D eigenvalue weighted by Crippen LogP contribution is 2.41. The van der Waals surface area contributed by atoms with E-state index < -0.39 is 24.4 Å². The van der Waals surface area contributed by atoms with Gasteiger partial charge in [-0.15, -0.1) is 11.3 Å². The zero-order valence-electron chi connectivity index (χ0n) is 14.2. The van der Waals surface area contributed by atoms with E-state index in [9.17, 15) is 15.3 Å². The Morgan fingerprint density at radius 1 is 1.08 bits per heavy atom. The normalized spacial score (nSPS) is 25.7. The van der Waals surface area contributed by atoms with Crippen molar-refractivity contribution < 1.29 is 24.8 Å². The number of ether oxygens (including phenoxy) is 2. The molecular weight excluding hydrogens is 352 g/mol. The van der Waals surface area contributed by atoms with Crippen molar-refractivity contribution in [3.63, 3.8) is 0 Å². The van der Waals surface area contributed by atoms with E-state index in [1.807, 2.05) is 30.3 Å². The first-order valence-electron chi connectivity index (χ1n) is 8.41. The monoisotopic (exact) mass is 372 g/mol. The van der Waals surface area contributed by atoms with Crippen LogP contribution in [0.5, 0.6) is 5.75 Å². The van der Waals surface area contributed by atoms with Gasteiger partial charge in [-0.05, 0) is 41.3 Å². The smallest absolute Gasteiger partial charge is 0.124 e. The van der Waals surface area contributed by atoms with Gasteiger partial charge in [0.15, 0.2) is 0 Å². The summed E-state index contributed by atoms with van der Waals surface area (Å²) in [6.45, 7) is -0.354. The van der Waals surface area contributed by atoms with Crippen LogP contribution in [0, 0.1) is 0 Å². The average molecular weight is 372 g/mol. The molecule has 4 rings (SSSR count). The number of hydrogen-bond donors (Lipinski definition) is 3. The van der Waals surface area contributed by atoms with E-state index in [1.54, 1.807) is 18.4 Å². The average Bonchev–Trinajstić information content (AvgIpc) is 3.23. The summed E-state index contributed by atoms with van der Waals surface area (Å²) in [4.78, 5) is 1.10. The van der Waals surface area contributed by atoms with Crippen molar-refractivity contribution in [1.29, 1.82) is 0 Å². The summed E-state index contributed by atoms with van der Waals surface area (Å²) in [6.07, 6.45) is -3.83. The second kappa shape index (κ2) is 6.98. The van der Waals surface area contributed by atoms with Gasteiger partial charge in [-0.25, -0.2) is 0 Å². The molecule has 1 saturated heterocycles. The Hall–Kier alpha value is -1.96. The van der Waals surface area contributed by atoms with Crippen molar-refractivity contribution in [2.24, 2.45) is 0 Å². The summed E-state index contributed by atoms with van der Waals surface area (Å²) in [5.74, 6) is 0.574. The minimum atomic E-state index is -1.14. The van der Waals surface area contributed by atoms with Crippen LogP contribution in [0.15, 0.2) is 48.5 Å². The number of aliphatic hydroxyl groups excluding tert-OH is 3. The molecule has 1 aliphatic rings. The molecule has 2 heterocycles. The molecule has 0 bridgehead atoms. The summed E-state index contributed by atoms with van der Waals surface area (Å²) in [5.41, 5.74) is 1.64. The molecule has 0 unspecified atom stereocenters. The third kappa shape index (κ3) is 2.90. The van der Waals surface area contributed by atoms with Gasteiger partial charge in [-0.3, -0.25) is 0 Å². The summed E-state index contributed by atoms with van der Waals surface area (Å²) >= 11 is 1.69. The molecule has 0 amide bonds. The maximum Gasteiger partial charge on any atom is 0.124 e. The summed E-state index contributed by atoms with van der Waals surface area (Å²) < 4.78 is 12.3. The summed E-state index contributed by atoms with van der Waals surface area (Å²) in [7, 11) is 1.55. The fourth-order valence-corrected chi connectivity index (χ4v) is 4.45. The topological polar surface area (TPSA) is 79.2 Å². The van der Waals surface area contributed by atoms with Crippen LogP contribution in [0.1, 0.15) is 11.7 Å². The molecule has 0 saturated carbocycles. The number of hydrogen-bond acceptors (Lipinski definition) is 6. The SMILES string of the molecule is COc1ccc(-c2cc3ccccc3s2)cc1[C@@H]1O[C@H](CO)[C@@H](O)[C@H]1O. The highest BCUT2D eigenvalue weighted by atomic mass is 32.1. The Morgan fingerprint density at radius 3 is 2.58 bits per heavy atom. The van der Waals surface area contributed by atoms with Crippen LogP contribution in [0.2, 0.25) is 0 Å². The number of aliphatic hydroxyl groups is 3. The van der Waals surface area contributed by atoms with Crippen LogP contribution < -0.4 is 4.74 Å². The quantitative estimate of drug-likeness (QED) is 0.656. The van der Waals surface area contributed by atoms with Crippen molar-refractivity contribution in [1.82, 2.24) is 0 Å². The lowest BCUT2D eigenvalue weighted by Gasteiger charge is -2.19. The van der Waals surface area contributed by atoms with Crippen LogP contribution in [0.25, 0.3) is 20.5 Å². The number of fused-ring (bicyclic) bond motifs is 1. The Morgan fingerprint density at radius 2 is 1.88 bits per heavy atom. The van der Waals surface area contributed by atoms with Crippen LogP contribution in [-0.4, -0.2) is 47.3 Å². The lowest BCUT2D eigenvalue weighted by molar-refractivity contribution is -0.0233. The molecule has 1 aliphatic heterocycles. The number of benzene rings is 2. The molecule has 136 valence electrons. The third-order valence-electron chi connectivity index (χ3n) is 4.79. The number of methoxy groups -OCH3 is 1. The van der Waals surface area contributed by atoms with Gasteiger partial charge in [-0.1, -0.05) is 18.2 Å². The van der Waals surface area contributed by atoms with Gasteiger partial charge in [0, 0.05) is 15.1 Å². The van der Waals surface area contributed by atoms with Crippen molar-refractivity contribution in [3.05, 3.63) is 54.1 Å². The highest BCUT2D eigenvalue weighted by molar-refractivity contribution is 7.22. The Labute approximate surface area is 155 Å². The lowest BCUT2D eigenvalue weighted by atomic mass is 9.98. The molecule has 1 fully saturated rings. The van der Waals surface area contributed by atoms with Gasteiger partial charge in [0.05, 0.1) is 13.7 Å². The van der Waals surface area contributed by atoms with Gasteiger partial charge >= 0.3 is 0 Å². The first-order valence-corrected chi connectivity index (χ1v) is 9.23. The second-order valence-corrected chi connectivity index (χ2v) is 7.45. The lowest BCUT2D eigenvalue weighted by Crippen LogP contribution is -2.32. The molecule has 6 heteroatoms. The number of thiophene rings is 1. The molecule has 0 aliphatic carbocycles. The molecule has 1 aromatic heterocycles. The first-order chi connectivity index (χ1) is 12.6. The molecule has 0 spiro atoms. The molecule has 3 N–H and O–H groups in total. The molecule has 2 aromatic carbocycles. The Balaban J connectivity index is 1.76. The first kappa shape index (κ1) is 17.5. The van der Waals surface area contributed by atoms with Crippen LogP contribution >= 0.6 is 11.3 Å². The standard InChI is InChI=1S/C20H20O5S/c1-24-14-7-6-12(17-9-11-4-2-3-5-16(11)26-17)8-13(14)20-19(23)18(22)15(10-21)25-20/h2-9,15,18-23H,10H2,1H3/t15-,18-,19-,20+/m1/s1. The minimum absolute atomic E-state index is 0.354. The zero-order chi connectivity index (χ0) is 18.3. The predicted octanol–water partition coefficient (Wildman–Crippen LogP) is 2.73. The van der Waals surface area contributed by atoms with Crippen LogP contribution in [-0.2, 0) is 4.74 Å². The van der Waals surface area contributed by atoms with E-state index in [4.69, 9.17) is 9.47 Å². The second-order valence-electron chi connectivity index (χ2n) is 6.36. The molecular formula is C20H20O5S. The fourth-order valence-electron chi connectivity index (χ4n) is 3.39. The van der Waals surface area contributed by atoms with E-state index in [1.165, 1.54) is 10.1 Å². The minimum Gasteiger partial charge on any atom is -0.496 e. The summed E-state index contributed by atoms with van der Waals surface area (Å²) in [5, 5.41) is 30.9. The maximum atomic E-state index is 10.4. The van der Waals surface area contributed by atoms with Crippen LogP contribution in [0.3, 0.4) is 0 Å². The third-order valence-corrected chi connectivity index (χ3v) is 5.95. The van der Waals surface area contributed by atoms with E-state index in [-0.39, 0.29) is 6.61 Å². The van der Waals surface area contributed by atoms with Crippen LogP contribution in [0.4, 0.5) is 0 Å². The van der Waals surface area contributed by atoms with Gasteiger partial charge in [0.1, 0.15) is 30.2 Å². The molecule has 0 radical (unpaired) electrons. The van der Waals surface area contributed by atoms with E-state index in [0.29, 0.717) is 11.3 Å². The van der Waals surface area contributed by atoms with E-state index in [2.05, 4.69) is 18.2 Å². The van der Waals surface area contributed by atoms with Crippen molar-refractivity contribution in [2.75, 3.05) is 13.7 Å². The molecule has 26 heavy (non-hydrogen) atoms. The molecule has 3 aromatic rings. The Kier molecular flexibility index (Phi) is 4.69.